The summed E-state index contributed by atoms with van der Waals surface area (Å²) in [6.07, 6.45) is 2.61. The van der Waals surface area contributed by atoms with E-state index in [0.29, 0.717) is 18.2 Å². The molecule has 1 saturated heterocycles. The summed E-state index contributed by atoms with van der Waals surface area (Å²) >= 11 is 0. The smallest absolute Gasteiger partial charge is 0.0678 e. The van der Waals surface area contributed by atoms with Crippen LogP contribution in [-0.2, 0) is 4.74 Å². The van der Waals surface area contributed by atoms with Crippen molar-refractivity contribution in [3.63, 3.8) is 0 Å². The summed E-state index contributed by atoms with van der Waals surface area (Å²) in [7, 11) is 0. The van der Waals surface area contributed by atoms with Gasteiger partial charge in [0, 0.05) is 32.2 Å². The van der Waals surface area contributed by atoms with E-state index in [1.807, 2.05) is 6.08 Å². The molecular weight excluding hydrogens is 188 g/mol. The first-order valence-corrected chi connectivity index (χ1v) is 5.84. The van der Waals surface area contributed by atoms with Gasteiger partial charge in [-0.1, -0.05) is 6.08 Å². The van der Waals surface area contributed by atoms with E-state index in [0.717, 1.165) is 26.2 Å². The number of ether oxygens (including phenoxy) is 1. The maximum Gasteiger partial charge on any atom is 0.0678 e. The van der Waals surface area contributed by atoms with Crippen molar-refractivity contribution >= 4 is 0 Å². The highest BCUT2D eigenvalue weighted by Gasteiger charge is 2.25. The average Bonchev–Trinajstić information content (AvgIpc) is 2.16. The van der Waals surface area contributed by atoms with Gasteiger partial charge in [-0.3, -0.25) is 4.90 Å². The minimum Gasteiger partial charge on any atom is -0.373 e. The molecule has 1 fully saturated rings. The van der Waals surface area contributed by atoms with Crippen molar-refractivity contribution in [3.05, 3.63) is 12.7 Å². The monoisotopic (exact) mass is 212 g/mol. The number of nitrogens with one attached hydrogen (secondary N) is 1. The van der Waals surface area contributed by atoms with Gasteiger partial charge in [0.1, 0.15) is 0 Å². The summed E-state index contributed by atoms with van der Waals surface area (Å²) < 4.78 is 5.71. The lowest BCUT2D eigenvalue weighted by Gasteiger charge is -2.39. The van der Waals surface area contributed by atoms with E-state index in [1.54, 1.807) is 0 Å². The first kappa shape index (κ1) is 12.7. The predicted octanol–water partition coefficient (Wildman–Crippen LogP) is 1.26. The third-order valence-electron chi connectivity index (χ3n) is 2.80. The van der Waals surface area contributed by atoms with Crippen molar-refractivity contribution < 1.29 is 4.74 Å². The van der Waals surface area contributed by atoms with Crippen molar-refractivity contribution in [1.82, 2.24) is 10.2 Å². The van der Waals surface area contributed by atoms with Crippen LogP contribution in [-0.4, -0.2) is 49.3 Å². The van der Waals surface area contributed by atoms with E-state index >= 15 is 0 Å². The van der Waals surface area contributed by atoms with Crippen LogP contribution in [0.15, 0.2) is 12.7 Å². The molecule has 1 N–H and O–H groups in total. The molecule has 88 valence electrons. The molecule has 3 heteroatoms. The Bertz CT molecular complexity index is 186. The second-order valence-electron chi connectivity index (χ2n) is 4.51. The molecule has 0 amide bonds. The Morgan fingerprint density at radius 3 is 2.60 bits per heavy atom. The largest absolute Gasteiger partial charge is 0.373 e. The molecule has 3 unspecified atom stereocenters. The second-order valence-corrected chi connectivity index (χ2v) is 4.51. The van der Waals surface area contributed by atoms with Crippen LogP contribution in [0.3, 0.4) is 0 Å². The number of hydrogen-bond acceptors (Lipinski definition) is 3. The van der Waals surface area contributed by atoms with Gasteiger partial charge in [0.2, 0.25) is 0 Å². The molecule has 0 radical (unpaired) electrons. The first-order chi connectivity index (χ1) is 7.13. The number of hydrogen-bond donors (Lipinski definition) is 1. The van der Waals surface area contributed by atoms with Gasteiger partial charge in [0.15, 0.2) is 0 Å². The van der Waals surface area contributed by atoms with Crippen LogP contribution in [0.25, 0.3) is 0 Å². The molecule has 0 aromatic carbocycles. The third kappa shape index (κ3) is 4.33. The van der Waals surface area contributed by atoms with Crippen molar-refractivity contribution in [1.29, 1.82) is 0 Å². The Morgan fingerprint density at radius 2 is 2.07 bits per heavy atom. The molecular formula is C12H24N2O. The van der Waals surface area contributed by atoms with Gasteiger partial charge in [0.05, 0.1) is 12.2 Å². The standard InChI is InChI=1S/C12H24N2O/c1-5-6-13-7-10(2)14-8-11(3)15-12(4)9-14/h5,10-13H,1,6-9H2,2-4H3. The molecule has 0 aliphatic carbocycles. The maximum atomic E-state index is 5.71. The highest BCUT2D eigenvalue weighted by Crippen LogP contribution is 2.12. The highest BCUT2D eigenvalue weighted by atomic mass is 16.5. The van der Waals surface area contributed by atoms with E-state index in [4.69, 9.17) is 4.74 Å². The van der Waals surface area contributed by atoms with Gasteiger partial charge in [-0.2, -0.15) is 0 Å². The summed E-state index contributed by atoms with van der Waals surface area (Å²) in [6, 6.07) is 0.568. The predicted molar refractivity (Wildman–Crippen MR) is 64.1 cm³/mol. The Labute approximate surface area is 93.5 Å². The summed E-state index contributed by atoms with van der Waals surface area (Å²) in [5.41, 5.74) is 0. The van der Waals surface area contributed by atoms with Crippen LogP contribution in [0.5, 0.6) is 0 Å². The lowest BCUT2D eigenvalue weighted by atomic mass is 10.2. The van der Waals surface area contributed by atoms with Gasteiger partial charge in [-0.05, 0) is 20.8 Å². The number of morpholine rings is 1. The molecule has 0 saturated carbocycles. The van der Waals surface area contributed by atoms with Crippen molar-refractivity contribution in [2.24, 2.45) is 0 Å². The molecule has 1 heterocycles. The van der Waals surface area contributed by atoms with E-state index in [1.165, 1.54) is 0 Å². The Balaban J connectivity index is 2.30. The molecule has 0 aromatic rings. The van der Waals surface area contributed by atoms with Gasteiger partial charge in [-0.25, -0.2) is 0 Å². The zero-order chi connectivity index (χ0) is 11.3. The molecule has 1 aliphatic rings. The van der Waals surface area contributed by atoms with E-state index in [2.05, 4.69) is 37.6 Å². The molecule has 1 aliphatic heterocycles. The van der Waals surface area contributed by atoms with Crippen molar-refractivity contribution in [2.45, 2.75) is 39.0 Å². The Kier molecular flexibility index (Phi) is 5.29. The van der Waals surface area contributed by atoms with Crippen LogP contribution in [0.1, 0.15) is 20.8 Å². The average molecular weight is 212 g/mol. The molecule has 3 atom stereocenters. The fourth-order valence-corrected chi connectivity index (χ4v) is 2.10. The first-order valence-electron chi connectivity index (χ1n) is 5.84. The van der Waals surface area contributed by atoms with Gasteiger partial charge < -0.3 is 10.1 Å². The van der Waals surface area contributed by atoms with E-state index in [9.17, 15) is 0 Å². The second kappa shape index (κ2) is 6.26. The fraction of sp³-hybridized carbons (Fsp3) is 0.833. The minimum atomic E-state index is 0.357. The van der Waals surface area contributed by atoms with Gasteiger partial charge in [0.25, 0.3) is 0 Å². The van der Waals surface area contributed by atoms with Gasteiger partial charge >= 0.3 is 0 Å². The number of nitrogens with zero attached hydrogens (tertiary/aromatic N) is 1. The third-order valence-corrected chi connectivity index (χ3v) is 2.80. The SMILES string of the molecule is C=CCNCC(C)N1CC(C)OC(C)C1. The quantitative estimate of drug-likeness (QED) is 0.548. The normalized spacial score (nSPS) is 30.1. The van der Waals surface area contributed by atoms with Crippen molar-refractivity contribution in [3.8, 4) is 0 Å². The van der Waals surface area contributed by atoms with Crippen LogP contribution in [0, 0.1) is 0 Å². The summed E-state index contributed by atoms with van der Waals surface area (Å²) in [5.74, 6) is 0. The Morgan fingerprint density at radius 1 is 1.47 bits per heavy atom. The number of rotatable bonds is 5. The lowest BCUT2D eigenvalue weighted by Crippen LogP contribution is -2.51. The van der Waals surface area contributed by atoms with Crippen LogP contribution in [0.2, 0.25) is 0 Å². The molecule has 0 bridgehead atoms. The van der Waals surface area contributed by atoms with Crippen LogP contribution in [0.4, 0.5) is 0 Å². The zero-order valence-electron chi connectivity index (χ0n) is 10.2. The Hall–Kier alpha value is -0.380. The van der Waals surface area contributed by atoms with E-state index in [-0.39, 0.29) is 0 Å². The zero-order valence-corrected chi connectivity index (χ0v) is 10.2. The minimum absolute atomic E-state index is 0.357. The van der Waals surface area contributed by atoms with E-state index < -0.39 is 0 Å². The molecule has 0 aromatic heterocycles. The van der Waals surface area contributed by atoms with Crippen molar-refractivity contribution in [2.75, 3.05) is 26.2 Å². The summed E-state index contributed by atoms with van der Waals surface area (Å²) in [6.45, 7) is 14.2. The van der Waals surface area contributed by atoms with Crippen LogP contribution >= 0.6 is 0 Å². The summed E-state index contributed by atoms with van der Waals surface area (Å²) in [5, 5.41) is 3.36. The molecule has 3 nitrogen and oxygen atoms in total. The van der Waals surface area contributed by atoms with Gasteiger partial charge in [-0.15, -0.1) is 6.58 Å². The lowest BCUT2D eigenvalue weighted by molar-refractivity contribution is -0.0780. The highest BCUT2D eigenvalue weighted by molar-refractivity contribution is 4.80. The molecule has 15 heavy (non-hydrogen) atoms. The topological polar surface area (TPSA) is 24.5 Å². The van der Waals surface area contributed by atoms with Crippen LogP contribution < -0.4 is 5.32 Å². The maximum absolute atomic E-state index is 5.71. The summed E-state index contributed by atoms with van der Waals surface area (Å²) in [4.78, 5) is 2.49. The molecule has 0 spiro atoms. The molecule has 1 rings (SSSR count). The fourth-order valence-electron chi connectivity index (χ4n) is 2.10.